The average Bonchev–Trinajstić information content (AvgIpc) is 3.13. The standard InChI is InChI=1S/C40H54N4O7/c1-40(2,3)51-39(49)43-23-13-19-31(28-43)21-22-33-35(37(47)50-29-32-17-10-5-11-18-32)44(36(33)46)38(48)42-26-24-41(25-27-42)34(45)20-12-6-9-16-30-14-7-4-8-15-30/h4-5,7-8,10-11,14-15,17-18,31,33,35H,6,9,12-13,16,19-29H2,1-3H3. The zero-order chi connectivity index (χ0) is 36.4. The summed E-state index contributed by atoms with van der Waals surface area (Å²) < 4.78 is 11.2. The Hall–Kier alpha value is -4.41. The number of nitrogens with zero attached hydrogens (tertiary/aromatic N) is 4. The summed E-state index contributed by atoms with van der Waals surface area (Å²) in [6, 6.07) is 18.1. The molecule has 276 valence electrons. The molecule has 0 spiro atoms. The largest absolute Gasteiger partial charge is 0.459 e. The van der Waals surface area contributed by atoms with Crippen molar-refractivity contribution in [2.45, 2.75) is 96.8 Å². The van der Waals surface area contributed by atoms with Crippen LogP contribution in [0.2, 0.25) is 0 Å². The van der Waals surface area contributed by atoms with Gasteiger partial charge in [-0.25, -0.2) is 19.3 Å². The molecule has 3 saturated heterocycles. The van der Waals surface area contributed by atoms with Crippen molar-refractivity contribution in [2.24, 2.45) is 11.8 Å². The fraction of sp³-hybridized carbons (Fsp3) is 0.575. The van der Waals surface area contributed by atoms with E-state index in [1.54, 1.807) is 14.7 Å². The number of esters is 1. The van der Waals surface area contributed by atoms with Crippen LogP contribution in [0.15, 0.2) is 60.7 Å². The molecule has 0 aromatic heterocycles. The minimum absolute atomic E-state index is 0.0413. The molecule has 51 heavy (non-hydrogen) atoms. The molecule has 3 atom stereocenters. The van der Waals surface area contributed by atoms with Crippen molar-refractivity contribution in [3.8, 4) is 0 Å². The average molecular weight is 703 g/mol. The van der Waals surface area contributed by atoms with Crippen LogP contribution in [-0.2, 0) is 36.9 Å². The molecule has 0 saturated carbocycles. The molecule has 11 heteroatoms. The summed E-state index contributed by atoms with van der Waals surface area (Å²) in [5.74, 6) is -1.43. The van der Waals surface area contributed by atoms with Gasteiger partial charge in [0, 0.05) is 45.7 Å². The Bertz CT molecular complexity index is 1490. The van der Waals surface area contributed by atoms with E-state index in [9.17, 15) is 24.0 Å². The minimum Gasteiger partial charge on any atom is -0.459 e. The summed E-state index contributed by atoms with van der Waals surface area (Å²) in [6.07, 6.45) is 6.74. The monoisotopic (exact) mass is 702 g/mol. The zero-order valence-electron chi connectivity index (χ0n) is 30.5. The van der Waals surface area contributed by atoms with E-state index in [0.29, 0.717) is 58.5 Å². The molecule has 0 bridgehead atoms. The first-order chi connectivity index (χ1) is 24.5. The number of carbonyl (C=O) groups is 5. The summed E-state index contributed by atoms with van der Waals surface area (Å²) in [7, 11) is 0. The summed E-state index contributed by atoms with van der Waals surface area (Å²) in [4.78, 5) is 72.7. The quantitative estimate of drug-likeness (QED) is 0.150. The normalized spacial score (nSPS) is 20.8. The van der Waals surface area contributed by atoms with Gasteiger partial charge in [-0.05, 0) is 82.8 Å². The second-order valence-electron chi connectivity index (χ2n) is 15.1. The van der Waals surface area contributed by atoms with Crippen molar-refractivity contribution in [2.75, 3.05) is 39.3 Å². The van der Waals surface area contributed by atoms with Gasteiger partial charge in [-0.15, -0.1) is 0 Å². The van der Waals surface area contributed by atoms with Crippen molar-refractivity contribution in [1.82, 2.24) is 19.6 Å². The number of amides is 5. The van der Waals surface area contributed by atoms with Crippen LogP contribution in [0.1, 0.15) is 83.3 Å². The number of piperazine rings is 1. The Morgan fingerprint density at radius 1 is 0.765 bits per heavy atom. The lowest BCUT2D eigenvalue weighted by Crippen LogP contribution is -2.69. The number of aryl methyl sites for hydroxylation is 1. The zero-order valence-corrected chi connectivity index (χ0v) is 30.5. The molecule has 3 aliphatic heterocycles. The maximum absolute atomic E-state index is 13.8. The third kappa shape index (κ3) is 10.6. The van der Waals surface area contributed by atoms with E-state index >= 15 is 0 Å². The molecule has 3 heterocycles. The number of rotatable bonds is 12. The second-order valence-corrected chi connectivity index (χ2v) is 15.1. The lowest BCUT2D eigenvalue weighted by molar-refractivity contribution is -0.171. The first kappa shape index (κ1) is 37.8. The number of unbranched alkanes of at least 4 members (excludes halogenated alkanes) is 2. The van der Waals surface area contributed by atoms with E-state index < -0.39 is 29.6 Å². The first-order valence-electron chi connectivity index (χ1n) is 18.6. The minimum atomic E-state index is -1.02. The highest BCUT2D eigenvalue weighted by Gasteiger charge is 2.56. The van der Waals surface area contributed by atoms with Crippen molar-refractivity contribution in [3.05, 3.63) is 71.8 Å². The number of urea groups is 1. The molecular formula is C40H54N4O7. The number of β-lactam (4-membered cyclic amide) rings is 1. The first-order valence-corrected chi connectivity index (χ1v) is 18.6. The lowest BCUT2D eigenvalue weighted by atomic mass is 9.80. The molecule has 3 unspecified atom stereocenters. The van der Waals surface area contributed by atoms with Gasteiger partial charge < -0.3 is 24.2 Å². The van der Waals surface area contributed by atoms with Gasteiger partial charge >= 0.3 is 18.1 Å². The highest BCUT2D eigenvalue weighted by atomic mass is 16.6. The molecule has 2 aromatic carbocycles. The SMILES string of the molecule is CC(C)(C)OC(=O)N1CCCC(CCC2C(=O)N(C(=O)N3CCN(C(=O)CCCCCc4ccccc4)CC3)C2C(=O)OCc2ccccc2)C1. The van der Waals surface area contributed by atoms with Crippen LogP contribution in [0.3, 0.4) is 0 Å². The second kappa shape index (κ2) is 17.7. The van der Waals surface area contributed by atoms with E-state index in [1.165, 1.54) is 5.56 Å². The Morgan fingerprint density at radius 2 is 1.41 bits per heavy atom. The Morgan fingerprint density at radius 3 is 2.08 bits per heavy atom. The van der Waals surface area contributed by atoms with Gasteiger partial charge in [0.1, 0.15) is 12.2 Å². The Balaban J connectivity index is 1.13. The van der Waals surface area contributed by atoms with Crippen LogP contribution in [0.25, 0.3) is 0 Å². The fourth-order valence-electron chi connectivity index (χ4n) is 7.22. The molecule has 0 aliphatic carbocycles. The van der Waals surface area contributed by atoms with Gasteiger partial charge in [-0.1, -0.05) is 67.1 Å². The molecule has 5 rings (SSSR count). The summed E-state index contributed by atoms with van der Waals surface area (Å²) in [6.45, 7) is 8.08. The molecule has 0 radical (unpaired) electrons. The Labute approximate surface area is 302 Å². The number of ether oxygens (including phenoxy) is 2. The van der Waals surface area contributed by atoms with Crippen LogP contribution in [-0.4, -0.2) is 100 Å². The van der Waals surface area contributed by atoms with E-state index in [0.717, 1.165) is 49.0 Å². The number of likely N-dealkylation sites (tertiary alicyclic amines) is 2. The topological polar surface area (TPSA) is 117 Å². The number of benzene rings is 2. The van der Waals surface area contributed by atoms with Gasteiger partial charge in [0.15, 0.2) is 6.04 Å². The summed E-state index contributed by atoms with van der Waals surface area (Å²) >= 11 is 0. The van der Waals surface area contributed by atoms with Crippen LogP contribution < -0.4 is 0 Å². The predicted molar refractivity (Wildman–Crippen MR) is 192 cm³/mol. The maximum atomic E-state index is 13.8. The van der Waals surface area contributed by atoms with E-state index in [1.807, 2.05) is 69.3 Å². The highest BCUT2D eigenvalue weighted by molar-refractivity contribution is 6.07. The molecule has 3 aliphatic rings. The summed E-state index contributed by atoms with van der Waals surface area (Å²) in [5.41, 5.74) is 1.53. The van der Waals surface area contributed by atoms with Crippen LogP contribution in [0.4, 0.5) is 9.59 Å². The van der Waals surface area contributed by atoms with Crippen molar-refractivity contribution < 1.29 is 33.4 Å². The van der Waals surface area contributed by atoms with Crippen LogP contribution in [0, 0.1) is 11.8 Å². The van der Waals surface area contributed by atoms with Gasteiger partial charge in [-0.2, -0.15) is 0 Å². The molecule has 11 nitrogen and oxygen atoms in total. The van der Waals surface area contributed by atoms with Gasteiger partial charge in [0.25, 0.3) is 0 Å². The lowest BCUT2D eigenvalue weighted by Gasteiger charge is -2.47. The van der Waals surface area contributed by atoms with Crippen LogP contribution >= 0.6 is 0 Å². The third-order valence-electron chi connectivity index (χ3n) is 10.0. The number of piperidine rings is 1. The van der Waals surface area contributed by atoms with E-state index in [-0.39, 0.29) is 30.4 Å². The predicted octanol–water partition coefficient (Wildman–Crippen LogP) is 6.05. The van der Waals surface area contributed by atoms with E-state index in [4.69, 9.17) is 9.47 Å². The van der Waals surface area contributed by atoms with Gasteiger partial charge in [-0.3, -0.25) is 9.59 Å². The maximum Gasteiger partial charge on any atom is 0.410 e. The van der Waals surface area contributed by atoms with Crippen molar-refractivity contribution >= 4 is 29.9 Å². The van der Waals surface area contributed by atoms with E-state index in [2.05, 4.69) is 12.1 Å². The molecule has 3 fully saturated rings. The summed E-state index contributed by atoms with van der Waals surface area (Å²) in [5, 5.41) is 0. The molecule has 2 aromatic rings. The number of hydrogen-bond donors (Lipinski definition) is 0. The van der Waals surface area contributed by atoms with Gasteiger partial charge in [0.2, 0.25) is 11.8 Å². The van der Waals surface area contributed by atoms with Crippen molar-refractivity contribution in [3.63, 3.8) is 0 Å². The highest BCUT2D eigenvalue weighted by Crippen LogP contribution is 2.36. The number of carbonyl (C=O) groups excluding carboxylic acids is 5. The fourth-order valence-corrected chi connectivity index (χ4v) is 7.22. The molecule has 0 N–H and O–H groups in total. The number of imide groups is 1. The van der Waals surface area contributed by atoms with Gasteiger partial charge in [0.05, 0.1) is 5.92 Å². The van der Waals surface area contributed by atoms with Crippen LogP contribution in [0.5, 0.6) is 0 Å². The smallest absolute Gasteiger partial charge is 0.410 e. The molecule has 5 amide bonds. The Kier molecular flexibility index (Phi) is 13.1. The number of hydrogen-bond acceptors (Lipinski definition) is 7. The third-order valence-corrected chi connectivity index (χ3v) is 10.0. The van der Waals surface area contributed by atoms with Crippen molar-refractivity contribution in [1.29, 1.82) is 0 Å². The molecular weight excluding hydrogens is 648 g/mol.